The normalized spacial score (nSPS) is 21.5. The summed E-state index contributed by atoms with van der Waals surface area (Å²) in [6.45, 7) is 0. The number of nitrogens with zero attached hydrogens (tertiary/aromatic N) is 3. The topological polar surface area (TPSA) is 91.0 Å². The molecular formula is C11H14N5O2SY-. The first-order valence-corrected chi connectivity index (χ1v) is 7.09. The minimum absolute atomic E-state index is 0. The number of nitrogens with one attached hydrogen (secondary N) is 2. The monoisotopic (exact) mass is 369 g/mol. The average molecular weight is 369 g/mol. The van der Waals surface area contributed by atoms with E-state index in [-0.39, 0.29) is 38.8 Å². The number of fused-ring (bicyclic) bond motifs is 1. The molecule has 105 valence electrons. The second kappa shape index (κ2) is 6.47. The molecule has 20 heavy (non-hydrogen) atoms. The number of anilines is 1. The van der Waals surface area contributed by atoms with Crippen LogP contribution in [0.5, 0.6) is 0 Å². The third-order valence-corrected chi connectivity index (χ3v) is 4.12. The van der Waals surface area contributed by atoms with E-state index in [1.165, 1.54) is 6.33 Å². The first-order valence-electron chi connectivity index (χ1n) is 6.01. The van der Waals surface area contributed by atoms with Gasteiger partial charge in [0.25, 0.3) is 0 Å². The molecule has 0 bridgehead atoms. The van der Waals surface area contributed by atoms with Gasteiger partial charge in [-0.1, -0.05) is 0 Å². The molecule has 2 aromatic heterocycles. The van der Waals surface area contributed by atoms with Crippen molar-refractivity contribution in [2.75, 3.05) is 11.9 Å². The summed E-state index contributed by atoms with van der Waals surface area (Å²) in [5.41, 5.74) is 0.812. The number of aromatic amines is 1. The van der Waals surface area contributed by atoms with Gasteiger partial charge >= 0.3 is 0 Å². The fraction of sp³-hybridized carbons (Fsp3) is 0.455. The van der Waals surface area contributed by atoms with E-state index in [0.29, 0.717) is 6.04 Å². The molecular weight excluding hydrogens is 355 g/mol. The van der Waals surface area contributed by atoms with Crippen LogP contribution in [0.1, 0.15) is 12.8 Å². The molecule has 1 fully saturated rings. The molecule has 0 atom stereocenters. The molecule has 0 unspecified atom stereocenters. The van der Waals surface area contributed by atoms with Gasteiger partial charge in [-0.2, -0.15) is 0 Å². The number of rotatable bonds is 4. The Hall–Kier alpha value is -0.566. The van der Waals surface area contributed by atoms with Crippen LogP contribution in [0.15, 0.2) is 18.6 Å². The summed E-state index contributed by atoms with van der Waals surface area (Å²) in [5.74, 6) is 0.873. The van der Waals surface area contributed by atoms with Gasteiger partial charge in [0.2, 0.25) is 0 Å². The number of hydrogen-bond donors (Lipinski definition) is 2. The van der Waals surface area contributed by atoms with Crippen molar-refractivity contribution in [3.05, 3.63) is 18.6 Å². The van der Waals surface area contributed by atoms with E-state index in [4.69, 9.17) is 0 Å². The van der Waals surface area contributed by atoms with Crippen LogP contribution in [0.25, 0.3) is 11.0 Å². The molecule has 1 aliphatic carbocycles. The van der Waals surface area contributed by atoms with Crippen LogP contribution < -0.4 is 9.62 Å². The first-order chi connectivity index (χ1) is 9.15. The summed E-state index contributed by atoms with van der Waals surface area (Å²) >= 11 is 0. The van der Waals surface area contributed by atoms with Crippen molar-refractivity contribution in [1.29, 1.82) is 0 Å². The fourth-order valence-corrected chi connectivity index (χ4v) is 2.91. The summed E-state index contributed by atoms with van der Waals surface area (Å²) in [4.78, 5) is 13.6. The van der Waals surface area contributed by atoms with E-state index in [1.807, 2.05) is 19.3 Å². The van der Waals surface area contributed by atoms with Gasteiger partial charge in [0.15, 0.2) is 0 Å². The zero-order chi connectivity index (χ0) is 13.4. The Bertz CT molecular complexity index is 660. The van der Waals surface area contributed by atoms with Gasteiger partial charge in [0.05, 0.1) is 5.39 Å². The Morgan fingerprint density at radius 2 is 2.15 bits per heavy atom. The van der Waals surface area contributed by atoms with Crippen LogP contribution in [-0.2, 0) is 52.0 Å². The van der Waals surface area contributed by atoms with Crippen LogP contribution in [0.4, 0.5) is 5.82 Å². The van der Waals surface area contributed by atoms with E-state index < -0.39 is 10.9 Å². The molecule has 2 N–H and O–H groups in total. The molecule has 0 aromatic carbocycles. The molecule has 0 spiro atoms. The second-order valence-electron chi connectivity index (χ2n) is 4.72. The largest absolute Gasteiger partial charge is 0.409 e. The number of aromatic nitrogens is 3. The molecule has 3 rings (SSSR count). The van der Waals surface area contributed by atoms with Crippen molar-refractivity contribution in [1.82, 2.24) is 19.7 Å². The Balaban J connectivity index is 0.00000147. The summed E-state index contributed by atoms with van der Waals surface area (Å²) < 4.78 is 23.6. The van der Waals surface area contributed by atoms with Crippen molar-refractivity contribution >= 4 is 27.7 Å². The standard InChI is InChI=1S/C11H14N5O2S.Y/c1-16(8-4-7(5-8)15-19(17)18)11-9-2-3-12-10(9)13-6-14-11;/h2-3,6-8H,4-5H2,1H3,(H,12,13,14)(H,15,17,18);/q-1;. The number of hydrogen-bond acceptors (Lipinski definition) is 6. The van der Waals surface area contributed by atoms with Crippen molar-refractivity contribution in [2.45, 2.75) is 24.9 Å². The summed E-state index contributed by atoms with van der Waals surface area (Å²) in [5, 5.41) is 0.980. The van der Waals surface area contributed by atoms with Crippen LogP contribution in [-0.4, -0.2) is 34.1 Å². The molecule has 1 radical (unpaired) electrons. The Kier molecular flexibility index (Phi) is 5.11. The first kappa shape index (κ1) is 15.8. The summed E-state index contributed by atoms with van der Waals surface area (Å²) in [6, 6.07) is 2.28. The minimum Gasteiger partial charge on any atom is -0.409 e. The third kappa shape index (κ3) is 3.03. The second-order valence-corrected chi connectivity index (χ2v) is 5.43. The van der Waals surface area contributed by atoms with E-state index in [2.05, 4.69) is 24.6 Å². The molecule has 1 aliphatic rings. The maximum absolute atomic E-state index is 10.5. The fourth-order valence-electron chi connectivity index (χ4n) is 2.45. The van der Waals surface area contributed by atoms with Crippen LogP contribution in [0.2, 0.25) is 0 Å². The number of H-pyrrole nitrogens is 1. The SMILES string of the molecule is CN(c1ncnc2[nH]ccc12)C1CC(N[S-](=O)=O)C1.[Y]. The van der Waals surface area contributed by atoms with Gasteiger partial charge in [0, 0.05) is 52.0 Å². The molecule has 0 amide bonds. The van der Waals surface area contributed by atoms with Gasteiger partial charge in [-0.15, -0.1) is 0 Å². The van der Waals surface area contributed by atoms with Gasteiger partial charge in [-0.05, 0) is 35.8 Å². The Labute approximate surface area is 143 Å². The van der Waals surface area contributed by atoms with E-state index in [1.54, 1.807) is 0 Å². The molecule has 2 aromatic rings. The summed E-state index contributed by atoms with van der Waals surface area (Å²) in [7, 11) is -0.206. The zero-order valence-electron chi connectivity index (χ0n) is 10.9. The molecule has 1 saturated carbocycles. The maximum Gasteiger partial charge on any atom is 0.142 e. The van der Waals surface area contributed by atoms with Gasteiger partial charge in [-0.25, -0.2) is 9.97 Å². The Morgan fingerprint density at radius 3 is 2.85 bits per heavy atom. The molecule has 9 heteroatoms. The smallest absolute Gasteiger partial charge is 0.142 e. The van der Waals surface area contributed by atoms with E-state index in [9.17, 15) is 8.42 Å². The van der Waals surface area contributed by atoms with Gasteiger partial charge in [-0.3, -0.25) is 0 Å². The van der Waals surface area contributed by atoms with Crippen molar-refractivity contribution in [2.24, 2.45) is 0 Å². The van der Waals surface area contributed by atoms with Gasteiger partial charge in [0.1, 0.15) is 17.8 Å². The van der Waals surface area contributed by atoms with Crippen LogP contribution >= 0.6 is 0 Å². The van der Waals surface area contributed by atoms with Crippen molar-refractivity contribution in [3.8, 4) is 0 Å². The van der Waals surface area contributed by atoms with Gasteiger partial charge < -0.3 is 23.0 Å². The molecule has 0 aliphatic heterocycles. The quantitative estimate of drug-likeness (QED) is 0.776. The van der Waals surface area contributed by atoms with Crippen molar-refractivity contribution in [3.63, 3.8) is 0 Å². The van der Waals surface area contributed by atoms with E-state index in [0.717, 1.165) is 29.7 Å². The average Bonchev–Trinajstić information content (AvgIpc) is 2.80. The van der Waals surface area contributed by atoms with Crippen LogP contribution in [0, 0.1) is 0 Å². The zero-order valence-corrected chi connectivity index (χ0v) is 14.6. The maximum atomic E-state index is 10.5. The molecule has 2 heterocycles. The van der Waals surface area contributed by atoms with E-state index >= 15 is 0 Å². The van der Waals surface area contributed by atoms with Crippen molar-refractivity contribution < 1.29 is 41.1 Å². The Morgan fingerprint density at radius 1 is 1.40 bits per heavy atom. The molecule has 7 nitrogen and oxygen atoms in total. The summed E-state index contributed by atoms with van der Waals surface area (Å²) in [6.07, 6.45) is 4.95. The molecule has 0 saturated heterocycles. The third-order valence-electron chi connectivity index (χ3n) is 3.59. The predicted octanol–water partition coefficient (Wildman–Crippen LogP) is 0.737. The predicted molar refractivity (Wildman–Crippen MR) is 71.0 cm³/mol. The van der Waals surface area contributed by atoms with Crippen LogP contribution in [0.3, 0.4) is 0 Å². The minimum atomic E-state index is -2.18.